The molecule has 82 valence electrons. The van der Waals surface area contributed by atoms with Crippen LogP contribution in [0.15, 0.2) is 39.9 Å². The van der Waals surface area contributed by atoms with Crippen LogP contribution in [0.25, 0.3) is 0 Å². The summed E-state index contributed by atoms with van der Waals surface area (Å²) in [6.07, 6.45) is 0. The van der Waals surface area contributed by atoms with Crippen LogP contribution in [-0.2, 0) is 0 Å². The number of nitrogens with one attached hydrogen (secondary N) is 3. The maximum absolute atomic E-state index is 11.0. The Labute approximate surface area is 89.6 Å². The molecule has 4 N–H and O–H groups in total. The largest absolute Gasteiger partial charge is 0.506 e. The van der Waals surface area contributed by atoms with Crippen LogP contribution in [0.5, 0.6) is 5.75 Å². The van der Waals surface area contributed by atoms with E-state index < -0.39 is 11.2 Å². The summed E-state index contributed by atoms with van der Waals surface area (Å²) < 4.78 is 0. The summed E-state index contributed by atoms with van der Waals surface area (Å²) in [7, 11) is 0. The third kappa shape index (κ3) is 2.11. The molecule has 0 atom stereocenters. The Morgan fingerprint density at radius 2 is 1.88 bits per heavy atom. The fourth-order valence-electron chi connectivity index (χ4n) is 1.26. The van der Waals surface area contributed by atoms with Crippen molar-refractivity contribution >= 4 is 11.5 Å². The van der Waals surface area contributed by atoms with Crippen molar-refractivity contribution in [3.8, 4) is 5.75 Å². The number of para-hydroxylation sites is 2. The minimum absolute atomic E-state index is 0.0311. The lowest BCUT2D eigenvalue weighted by atomic mass is 10.3. The van der Waals surface area contributed by atoms with E-state index in [-0.39, 0.29) is 11.6 Å². The molecule has 2 aromatic rings. The molecule has 0 unspecified atom stereocenters. The van der Waals surface area contributed by atoms with Gasteiger partial charge in [-0.25, -0.2) is 4.79 Å². The number of aromatic amines is 2. The molecule has 0 aliphatic rings. The van der Waals surface area contributed by atoms with Gasteiger partial charge in [0.2, 0.25) is 0 Å². The number of rotatable bonds is 2. The van der Waals surface area contributed by atoms with Crippen molar-refractivity contribution < 1.29 is 5.11 Å². The highest BCUT2D eigenvalue weighted by Gasteiger charge is 2.01. The number of aromatic hydroxyl groups is 1. The Bertz CT molecular complexity index is 587. The summed E-state index contributed by atoms with van der Waals surface area (Å²) >= 11 is 0. The van der Waals surface area contributed by atoms with Crippen LogP contribution in [-0.4, -0.2) is 15.1 Å². The zero-order valence-electron chi connectivity index (χ0n) is 8.15. The summed E-state index contributed by atoms with van der Waals surface area (Å²) in [6.45, 7) is 0. The van der Waals surface area contributed by atoms with Gasteiger partial charge in [0.25, 0.3) is 5.56 Å². The topological polar surface area (TPSA) is 98.0 Å². The lowest BCUT2D eigenvalue weighted by Crippen LogP contribution is -2.22. The molecular weight excluding hydrogens is 210 g/mol. The van der Waals surface area contributed by atoms with E-state index in [1.54, 1.807) is 18.2 Å². The minimum atomic E-state index is -0.606. The fraction of sp³-hybridized carbons (Fsp3) is 0. The lowest BCUT2D eigenvalue weighted by molar-refractivity contribution is 0.477. The van der Waals surface area contributed by atoms with Gasteiger partial charge < -0.3 is 10.4 Å². The van der Waals surface area contributed by atoms with Crippen LogP contribution in [0.4, 0.5) is 11.5 Å². The van der Waals surface area contributed by atoms with Gasteiger partial charge in [-0.2, -0.15) is 0 Å². The number of hydrogen-bond donors (Lipinski definition) is 4. The molecule has 1 aromatic heterocycles. The van der Waals surface area contributed by atoms with Gasteiger partial charge in [-0.3, -0.25) is 14.8 Å². The molecule has 1 aromatic carbocycles. The highest BCUT2D eigenvalue weighted by atomic mass is 16.3. The minimum Gasteiger partial charge on any atom is -0.506 e. The molecule has 0 bridgehead atoms. The Kier molecular flexibility index (Phi) is 2.47. The average Bonchev–Trinajstić information content (AvgIpc) is 2.20. The monoisotopic (exact) mass is 219 g/mol. The summed E-state index contributed by atoms with van der Waals surface area (Å²) in [6, 6.07) is 7.69. The molecular formula is C10H9N3O3. The number of phenols is 1. The number of aromatic nitrogens is 2. The maximum Gasteiger partial charge on any atom is 0.327 e. The lowest BCUT2D eigenvalue weighted by Gasteiger charge is -2.06. The van der Waals surface area contributed by atoms with Crippen molar-refractivity contribution in [2.45, 2.75) is 0 Å². The number of phenolic OH excluding ortho intramolecular Hbond substituents is 1. The predicted octanol–water partition coefficient (Wildman–Crippen LogP) is 0.512. The van der Waals surface area contributed by atoms with E-state index in [0.717, 1.165) is 0 Å². The first-order valence-electron chi connectivity index (χ1n) is 4.54. The summed E-state index contributed by atoms with van der Waals surface area (Å²) in [4.78, 5) is 26.4. The van der Waals surface area contributed by atoms with Crippen molar-refractivity contribution in [3.63, 3.8) is 0 Å². The maximum atomic E-state index is 11.0. The van der Waals surface area contributed by atoms with Crippen LogP contribution in [0, 0.1) is 0 Å². The van der Waals surface area contributed by atoms with Gasteiger partial charge in [0.1, 0.15) is 11.6 Å². The number of benzene rings is 1. The van der Waals surface area contributed by atoms with E-state index in [1.807, 2.05) is 4.98 Å². The molecule has 0 aliphatic heterocycles. The smallest absolute Gasteiger partial charge is 0.327 e. The quantitative estimate of drug-likeness (QED) is 0.553. The van der Waals surface area contributed by atoms with Crippen LogP contribution in [0.2, 0.25) is 0 Å². The third-order valence-corrected chi connectivity index (χ3v) is 1.93. The van der Waals surface area contributed by atoms with Crippen LogP contribution < -0.4 is 16.6 Å². The van der Waals surface area contributed by atoms with Gasteiger partial charge in [-0.1, -0.05) is 12.1 Å². The van der Waals surface area contributed by atoms with Crippen molar-refractivity contribution in [1.29, 1.82) is 0 Å². The predicted molar refractivity (Wildman–Crippen MR) is 59.1 cm³/mol. The second-order valence-electron chi connectivity index (χ2n) is 3.14. The first-order chi connectivity index (χ1) is 7.65. The van der Waals surface area contributed by atoms with E-state index in [1.165, 1.54) is 12.1 Å². The number of H-pyrrole nitrogens is 2. The standard InChI is InChI=1S/C10H9N3O3/c14-7-4-2-1-3-6(7)11-8-5-9(15)13-10(16)12-8/h1-5,14H,(H3,11,12,13,15,16). The summed E-state index contributed by atoms with van der Waals surface area (Å²) in [5.41, 5.74) is -0.712. The van der Waals surface area contributed by atoms with Gasteiger partial charge in [0.15, 0.2) is 0 Å². The van der Waals surface area contributed by atoms with Gasteiger partial charge in [-0.15, -0.1) is 0 Å². The van der Waals surface area contributed by atoms with Crippen molar-refractivity contribution in [2.24, 2.45) is 0 Å². The highest BCUT2D eigenvalue weighted by molar-refractivity contribution is 5.62. The molecule has 0 saturated carbocycles. The first-order valence-corrected chi connectivity index (χ1v) is 4.54. The van der Waals surface area contributed by atoms with Crippen molar-refractivity contribution in [3.05, 3.63) is 51.2 Å². The molecule has 0 fully saturated rings. The molecule has 0 saturated heterocycles. The molecule has 0 spiro atoms. The molecule has 16 heavy (non-hydrogen) atoms. The highest BCUT2D eigenvalue weighted by Crippen LogP contribution is 2.23. The van der Waals surface area contributed by atoms with E-state index >= 15 is 0 Å². The molecule has 0 aliphatic carbocycles. The number of anilines is 2. The Balaban J connectivity index is 2.38. The molecule has 1 heterocycles. The van der Waals surface area contributed by atoms with Crippen molar-refractivity contribution in [1.82, 2.24) is 9.97 Å². The average molecular weight is 219 g/mol. The van der Waals surface area contributed by atoms with Gasteiger partial charge in [0, 0.05) is 6.07 Å². The zero-order valence-corrected chi connectivity index (χ0v) is 8.15. The first kappa shape index (κ1) is 10.0. The van der Waals surface area contributed by atoms with Crippen LogP contribution in [0.1, 0.15) is 0 Å². The normalized spacial score (nSPS) is 10.0. The third-order valence-electron chi connectivity index (χ3n) is 1.93. The Hall–Kier alpha value is -2.50. The zero-order chi connectivity index (χ0) is 11.5. The number of hydrogen-bond acceptors (Lipinski definition) is 4. The summed E-state index contributed by atoms with van der Waals surface area (Å²) in [5, 5.41) is 12.2. The summed E-state index contributed by atoms with van der Waals surface area (Å²) in [5.74, 6) is 0.249. The second kappa shape index (κ2) is 3.93. The molecule has 0 radical (unpaired) electrons. The van der Waals surface area contributed by atoms with E-state index in [9.17, 15) is 14.7 Å². The van der Waals surface area contributed by atoms with Gasteiger partial charge in [-0.05, 0) is 12.1 Å². The second-order valence-corrected chi connectivity index (χ2v) is 3.14. The molecule has 0 amide bonds. The van der Waals surface area contributed by atoms with Crippen LogP contribution in [0.3, 0.4) is 0 Å². The molecule has 6 nitrogen and oxygen atoms in total. The fourth-order valence-corrected chi connectivity index (χ4v) is 1.26. The van der Waals surface area contributed by atoms with E-state index in [4.69, 9.17) is 0 Å². The van der Waals surface area contributed by atoms with E-state index in [2.05, 4.69) is 10.3 Å². The Morgan fingerprint density at radius 3 is 2.56 bits per heavy atom. The Morgan fingerprint density at radius 1 is 1.12 bits per heavy atom. The van der Waals surface area contributed by atoms with Gasteiger partial charge in [0.05, 0.1) is 5.69 Å². The SMILES string of the molecule is O=c1cc(Nc2ccccc2O)[nH]c(=O)[nH]1. The van der Waals surface area contributed by atoms with E-state index in [0.29, 0.717) is 5.69 Å². The molecule has 6 heteroatoms. The van der Waals surface area contributed by atoms with Crippen molar-refractivity contribution in [2.75, 3.05) is 5.32 Å². The van der Waals surface area contributed by atoms with Crippen LogP contribution >= 0.6 is 0 Å². The molecule has 2 rings (SSSR count). The van der Waals surface area contributed by atoms with Gasteiger partial charge >= 0.3 is 5.69 Å².